The highest BCUT2D eigenvalue weighted by Crippen LogP contribution is 2.34. The lowest BCUT2D eigenvalue weighted by Crippen LogP contribution is -2.45. The normalized spacial score (nSPS) is 15.6. The van der Waals surface area contributed by atoms with Gasteiger partial charge in [0.2, 0.25) is 5.95 Å². The number of nitrogens with zero attached hydrogens (tertiary/aromatic N) is 4. The van der Waals surface area contributed by atoms with Crippen LogP contribution in [0.2, 0.25) is 5.02 Å². The van der Waals surface area contributed by atoms with Gasteiger partial charge in [-0.1, -0.05) is 29.8 Å². The molecule has 6 heteroatoms. The molecule has 0 N–H and O–H groups in total. The number of aromatic nitrogens is 2. The summed E-state index contributed by atoms with van der Waals surface area (Å²) in [5.41, 5.74) is 2.80. The van der Waals surface area contributed by atoms with E-state index < -0.39 is 0 Å². The molecule has 1 fully saturated rings. The molecule has 0 spiro atoms. The lowest BCUT2D eigenvalue weighted by Gasteiger charge is -2.32. The van der Waals surface area contributed by atoms with Gasteiger partial charge in [-0.05, 0) is 32.2 Å². The molecule has 0 radical (unpaired) electrons. The largest absolute Gasteiger partial charge is 0.338 e. The number of likely N-dealkylation sites (N-methyl/N-ethyl adjacent to an activating group) is 1. The van der Waals surface area contributed by atoms with E-state index in [1.807, 2.05) is 19.1 Å². The van der Waals surface area contributed by atoms with Gasteiger partial charge in [-0.25, -0.2) is 14.4 Å². The Morgan fingerprint density at radius 3 is 2.46 bits per heavy atom. The Kier molecular flexibility index (Phi) is 4.51. The first-order valence-electron chi connectivity index (χ1n) is 8.69. The molecule has 0 bridgehead atoms. The van der Waals surface area contributed by atoms with Crippen LogP contribution in [0.3, 0.4) is 0 Å². The molecule has 26 heavy (non-hydrogen) atoms. The fourth-order valence-corrected chi connectivity index (χ4v) is 3.59. The molecule has 1 saturated heterocycles. The summed E-state index contributed by atoms with van der Waals surface area (Å²) < 4.78 is 14.2. The number of halogens is 2. The molecule has 2 heterocycles. The predicted molar refractivity (Wildman–Crippen MR) is 104 cm³/mol. The fourth-order valence-electron chi connectivity index (χ4n) is 3.32. The Labute approximate surface area is 157 Å². The first kappa shape index (κ1) is 17.2. The van der Waals surface area contributed by atoms with Gasteiger partial charge in [-0.15, -0.1) is 0 Å². The monoisotopic (exact) mass is 370 g/mol. The van der Waals surface area contributed by atoms with E-state index in [1.54, 1.807) is 18.2 Å². The van der Waals surface area contributed by atoms with E-state index in [0.717, 1.165) is 48.7 Å². The number of hydrogen-bond donors (Lipinski definition) is 0. The SMILES string of the molecule is Cc1nc(N2CCN(C)CC2)nc2cc(-c3ccccc3F)c(Cl)cc12. The van der Waals surface area contributed by atoms with Gasteiger partial charge < -0.3 is 9.80 Å². The zero-order chi connectivity index (χ0) is 18.3. The average molecular weight is 371 g/mol. The second-order valence-corrected chi connectivity index (χ2v) is 7.14. The van der Waals surface area contributed by atoms with Crippen molar-refractivity contribution >= 4 is 28.5 Å². The Morgan fingerprint density at radius 1 is 1.00 bits per heavy atom. The highest BCUT2D eigenvalue weighted by molar-refractivity contribution is 6.34. The van der Waals surface area contributed by atoms with Crippen molar-refractivity contribution < 1.29 is 4.39 Å². The van der Waals surface area contributed by atoms with Crippen molar-refractivity contribution in [2.24, 2.45) is 0 Å². The van der Waals surface area contributed by atoms with Crippen molar-refractivity contribution in [2.45, 2.75) is 6.92 Å². The molecule has 1 aliphatic heterocycles. The Bertz CT molecular complexity index is 967. The predicted octanol–water partition coefficient (Wildman–Crippen LogP) is 4.15. The zero-order valence-electron chi connectivity index (χ0n) is 14.8. The summed E-state index contributed by atoms with van der Waals surface area (Å²) in [7, 11) is 2.12. The van der Waals surface area contributed by atoms with Gasteiger partial charge in [0.15, 0.2) is 0 Å². The molecular weight excluding hydrogens is 351 g/mol. The number of benzene rings is 2. The fraction of sp³-hybridized carbons (Fsp3) is 0.300. The standard InChI is InChI=1S/C20H20ClFN4/c1-13-15-11-17(21)16(14-5-3-4-6-18(14)22)12-19(15)24-20(23-13)26-9-7-25(2)8-10-26/h3-6,11-12H,7-10H2,1-2H3. The zero-order valence-corrected chi connectivity index (χ0v) is 15.6. The molecule has 3 aromatic rings. The molecule has 0 aliphatic carbocycles. The van der Waals surface area contributed by atoms with E-state index in [9.17, 15) is 4.39 Å². The van der Waals surface area contributed by atoms with Gasteiger partial charge in [0.1, 0.15) is 5.82 Å². The summed E-state index contributed by atoms with van der Waals surface area (Å²) >= 11 is 6.45. The first-order valence-corrected chi connectivity index (χ1v) is 9.07. The quantitative estimate of drug-likeness (QED) is 0.678. The van der Waals surface area contributed by atoms with Crippen molar-refractivity contribution in [3.63, 3.8) is 0 Å². The summed E-state index contributed by atoms with van der Waals surface area (Å²) in [6, 6.07) is 10.4. The maximum atomic E-state index is 14.2. The van der Waals surface area contributed by atoms with Crippen LogP contribution < -0.4 is 4.90 Å². The third kappa shape index (κ3) is 3.13. The molecule has 134 valence electrons. The minimum atomic E-state index is -0.293. The summed E-state index contributed by atoms with van der Waals surface area (Å²) in [6.07, 6.45) is 0. The van der Waals surface area contributed by atoms with E-state index in [4.69, 9.17) is 16.6 Å². The number of aryl methyl sites for hydroxylation is 1. The summed E-state index contributed by atoms with van der Waals surface area (Å²) in [6.45, 7) is 5.73. The van der Waals surface area contributed by atoms with Crippen LogP contribution in [0, 0.1) is 12.7 Å². The highest BCUT2D eigenvalue weighted by Gasteiger charge is 2.19. The van der Waals surface area contributed by atoms with Crippen molar-refractivity contribution in [2.75, 3.05) is 38.1 Å². The Morgan fingerprint density at radius 2 is 1.73 bits per heavy atom. The topological polar surface area (TPSA) is 32.3 Å². The van der Waals surface area contributed by atoms with E-state index in [1.165, 1.54) is 6.07 Å². The Hall–Kier alpha value is -2.24. The highest BCUT2D eigenvalue weighted by atomic mass is 35.5. The van der Waals surface area contributed by atoms with Crippen LogP contribution in [0.4, 0.5) is 10.3 Å². The minimum Gasteiger partial charge on any atom is -0.338 e. The maximum absolute atomic E-state index is 14.2. The first-order chi connectivity index (χ1) is 12.5. The molecule has 0 saturated carbocycles. The van der Waals surface area contributed by atoms with Crippen LogP contribution in [-0.4, -0.2) is 48.1 Å². The molecule has 1 aromatic heterocycles. The Balaban J connectivity index is 1.82. The van der Waals surface area contributed by atoms with Gasteiger partial charge in [-0.3, -0.25) is 0 Å². The van der Waals surface area contributed by atoms with E-state index in [0.29, 0.717) is 16.1 Å². The summed E-state index contributed by atoms with van der Waals surface area (Å²) in [4.78, 5) is 13.9. The number of piperazine rings is 1. The third-order valence-electron chi connectivity index (χ3n) is 4.91. The minimum absolute atomic E-state index is 0.293. The molecular formula is C20H20ClFN4. The van der Waals surface area contributed by atoms with E-state index >= 15 is 0 Å². The molecule has 2 aromatic carbocycles. The van der Waals surface area contributed by atoms with Crippen LogP contribution in [-0.2, 0) is 0 Å². The van der Waals surface area contributed by atoms with Crippen LogP contribution in [0.1, 0.15) is 5.69 Å². The third-order valence-corrected chi connectivity index (χ3v) is 5.23. The van der Waals surface area contributed by atoms with Crippen molar-refractivity contribution in [1.29, 1.82) is 0 Å². The molecule has 4 rings (SSSR count). The summed E-state index contributed by atoms with van der Waals surface area (Å²) in [5.74, 6) is 0.434. The van der Waals surface area contributed by atoms with E-state index in [-0.39, 0.29) is 5.82 Å². The van der Waals surface area contributed by atoms with Crippen molar-refractivity contribution in [1.82, 2.24) is 14.9 Å². The molecule has 0 unspecified atom stereocenters. The lowest BCUT2D eigenvalue weighted by molar-refractivity contribution is 0.311. The van der Waals surface area contributed by atoms with Crippen molar-refractivity contribution in [3.05, 3.63) is 52.9 Å². The molecule has 1 aliphatic rings. The second kappa shape index (κ2) is 6.82. The van der Waals surface area contributed by atoms with Gasteiger partial charge in [0.25, 0.3) is 0 Å². The van der Waals surface area contributed by atoms with Crippen molar-refractivity contribution in [3.8, 4) is 11.1 Å². The number of anilines is 1. The van der Waals surface area contributed by atoms with Gasteiger partial charge in [0, 0.05) is 47.7 Å². The number of rotatable bonds is 2. The van der Waals surface area contributed by atoms with Crippen LogP contribution in [0.15, 0.2) is 36.4 Å². The maximum Gasteiger partial charge on any atom is 0.226 e. The molecule has 4 nitrogen and oxygen atoms in total. The second-order valence-electron chi connectivity index (χ2n) is 6.73. The van der Waals surface area contributed by atoms with Gasteiger partial charge in [0.05, 0.1) is 11.2 Å². The smallest absolute Gasteiger partial charge is 0.226 e. The summed E-state index contributed by atoms with van der Waals surface area (Å²) in [5, 5.41) is 1.40. The van der Waals surface area contributed by atoms with Gasteiger partial charge in [-0.2, -0.15) is 0 Å². The lowest BCUT2D eigenvalue weighted by atomic mass is 10.0. The van der Waals surface area contributed by atoms with Crippen LogP contribution in [0.25, 0.3) is 22.0 Å². The molecule has 0 amide bonds. The van der Waals surface area contributed by atoms with Gasteiger partial charge >= 0.3 is 0 Å². The van der Waals surface area contributed by atoms with E-state index in [2.05, 4.69) is 21.8 Å². The number of hydrogen-bond acceptors (Lipinski definition) is 4. The molecule has 0 atom stereocenters. The van der Waals surface area contributed by atoms with Crippen LogP contribution >= 0.6 is 11.6 Å². The number of fused-ring (bicyclic) bond motifs is 1. The van der Waals surface area contributed by atoms with Crippen LogP contribution in [0.5, 0.6) is 0 Å². The average Bonchev–Trinajstić information content (AvgIpc) is 2.63.